The molecule has 0 fully saturated rings. The Kier molecular flexibility index (Phi) is 60.5. The van der Waals surface area contributed by atoms with E-state index in [0.717, 1.165) is 44.9 Å². The molecule has 0 radical (unpaired) electrons. The first-order valence-corrected chi connectivity index (χ1v) is 32.6. The van der Waals surface area contributed by atoms with E-state index in [-0.39, 0.29) is 18.5 Å². The highest BCUT2D eigenvalue weighted by molar-refractivity contribution is 5.76. The standard InChI is InChI=1S/C66H127NO5/c1-3-5-7-9-11-13-15-17-31-35-38-42-46-50-54-58-64(69)63(62-68)67-65(70)59-55-51-47-43-39-36-32-29-27-25-23-21-19-18-20-22-24-26-28-30-33-37-41-45-49-53-57-61-72-66(71)60-56-52-48-44-40-34-16-14-12-10-8-6-4-2/h14,16,54,58,63-64,68-69H,3-13,15,17-53,55-57,59-62H2,1-2H3,(H,67,70)/b16-14-,58-54+. The Bertz CT molecular complexity index is 1120. The van der Waals surface area contributed by atoms with Crippen molar-refractivity contribution >= 4 is 11.9 Å². The summed E-state index contributed by atoms with van der Waals surface area (Å²) < 4.78 is 5.48. The highest BCUT2D eigenvalue weighted by Gasteiger charge is 2.18. The van der Waals surface area contributed by atoms with Crippen LogP contribution >= 0.6 is 0 Å². The van der Waals surface area contributed by atoms with Crippen LogP contribution in [-0.2, 0) is 14.3 Å². The molecule has 3 N–H and O–H groups in total. The average molecular weight is 1010 g/mol. The van der Waals surface area contributed by atoms with Gasteiger partial charge in [0.15, 0.2) is 0 Å². The molecular formula is C66H127NO5. The Balaban J connectivity index is 3.36. The van der Waals surface area contributed by atoms with Gasteiger partial charge in [0.05, 0.1) is 25.4 Å². The molecule has 0 aliphatic rings. The van der Waals surface area contributed by atoms with Crippen LogP contribution in [0.3, 0.4) is 0 Å². The van der Waals surface area contributed by atoms with Crippen molar-refractivity contribution in [3.8, 4) is 0 Å². The van der Waals surface area contributed by atoms with E-state index >= 15 is 0 Å². The number of hydrogen-bond acceptors (Lipinski definition) is 5. The number of aliphatic hydroxyl groups is 2. The van der Waals surface area contributed by atoms with Crippen LogP contribution in [0, 0.1) is 0 Å². The smallest absolute Gasteiger partial charge is 0.305 e. The quantitative estimate of drug-likeness (QED) is 0.0320. The Morgan fingerprint density at radius 1 is 0.375 bits per heavy atom. The Morgan fingerprint density at radius 3 is 1.00 bits per heavy atom. The van der Waals surface area contributed by atoms with Gasteiger partial charge in [-0.2, -0.15) is 0 Å². The second kappa shape index (κ2) is 61.9. The number of rotatable bonds is 61. The monoisotopic (exact) mass is 1010 g/mol. The van der Waals surface area contributed by atoms with E-state index < -0.39 is 12.1 Å². The lowest BCUT2D eigenvalue weighted by Crippen LogP contribution is -2.45. The molecular weight excluding hydrogens is 887 g/mol. The van der Waals surface area contributed by atoms with Crippen LogP contribution in [0.5, 0.6) is 0 Å². The molecule has 426 valence electrons. The van der Waals surface area contributed by atoms with Gasteiger partial charge in [0.1, 0.15) is 0 Å². The lowest BCUT2D eigenvalue weighted by Gasteiger charge is -2.20. The molecule has 1 amide bonds. The summed E-state index contributed by atoms with van der Waals surface area (Å²) >= 11 is 0. The maximum atomic E-state index is 12.5. The first kappa shape index (κ1) is 70.3. The van der Waals surface area contributed by atoms with Gasteiger partial charge in [-0.25, -0.2) is 0 Å². The Morgan fingerprint density at radius 2 is 0.653 bits per heavy atom. The molecule has 0 aromatic heterocycles. The number of carbonyl (C=O) groups is 2. The van der Waals surface area contributed by atoms with E-state index in [1.54, 1.807) is 6.08 Å². The number of nitrogens with one attached hydrogen (secondary N) is 1. The molecule has 0 rings (SSSR count). The summed E-state index contributed by atoms with van der Waals surface area (Å²) in [6.07, 6.45) is 76.6. The molecule has 72 heavy (non-hydrogen) atoms. The second-order valence-electron chi connectivity index (χ2n) is 22.5. The molecule has 6 heteroatoms. The van der Waals surface area contributed by atoms with Crippen LogP contribution in [0.25, 0.3) is 0 Å². The zero-order valence-electron chi connectivity index (χ0n) is 48.7. The van der Waals surface area contributed by atoms with Crippen molar-refractivity contribution in [2.75, 3.05) is 13.2 Å². The number of amides is 1. The third kappa shape index (κ3) is 57.6. The van der Waals surface area contributed by atoms with E-state index in [2.05, 4.69) is 31.3 Å². The lowest BCUT2D eigenvalue weighted by atomic mass is 10.0. The van der Waals surface area contributed by atoms with Crippen LogP contribution in [0.1, 0.15) is 361 Å². The molecule has 0 saturated carbocycles. The Labute approximate surface area is 450 Å². The molecule has 0 spiro atoms. The van der Waals surface area contributed by atoms with Crippen molar-refractivity contribution in [2.24, 2.45) is 0 Å². The first-order valence-electron chi connectivity index (χ1n) is 32.6. The van der Waals surface area contributed by atoms with E-state index in [4.69, 9.17) is 4.74 Å². The van der Waals surface area contributed by atoms with Crippen LogP contribution in [-0.4, -0.2) is 47.4 Å². The Hall–Kier alpha value is -1.66. The number of unbranched alkanes of at least 4 members (excludes halogenated alkanes) is 48. The van der Waals surface area contributed by atoms with Crippen LogP contribution < -0.4 is 5.32 Å². The van der Waals surface area contributed by atoms with E-state index in [0.29, 0.717) is 19.4 Å². The van der Waals surface area contributed by atoms with Gasteiger partial charge < -0.3 is 20.3 Å². The van der Waals surface area contributed by atoms with Crippen molar-refractivity contribution in [1.82, 2.24) is 5.32 Å². The maximum absolute atomic E-state index is 12.5. The molecule has 0 heterocycles. The summed E-state index contributed by atoms with van der Waals surface area (Å²) in [4.78, 5) is 24.5. The third-order valence-corrected chi connectivity index (χ3v) is 15.2. The number of allylic oxidation sites excluding steroid dienone is 3. The van der Waals surface area contributed by atoms with Crippen molar-refractivity contribution in [1.29, 1.82) is 0 Å². The van der Waals surface area contributed by atoms with Crippen molar-refractivity contribution in [3.05, 3.63) is 24.3 Å². The van der Waals surface area contributed by atoms with Gasteiger partial charge in [-0.3, -0.25) is 9.59 Å². The number of aliphatic hydroxyl groups excluding tert-OH is 2. The minimum absolute atomic E-state index is 0.00873. The number of hydrogen-bond donors (Lipinski definition) is 3. The van der Waals surface area contributed by atoms with Crippen molar-refractivity contribution in [3.63, 3.8) is 0 Å². The largest absolute Gasteiger partial charge is 0.466 e. The summed E-state index contributed by atoms with van der Waals surface area (Å²) in [6.45, 7) is 4.91. The minimum atomic E-state index is -0.842. The summed E-state index contributed by atoms with van der Waals surface area (Å²) in [5.74, 6) is -0.0545. The van der Waals surface area contributed by atoms with Gasteiger partial charge in [0.2, 0.25) is 5.91 Å². The van der Waals surface area contributed by atoms with E-state index in [1.807, 2.05) is 6.08 Å². The third-order valence-electron chi connectivity index (χ3n) is 15.2. The van der Waals surface area contributed by atoms with Gasteiger partial charge in [-0.15, -0.1) is 0 Å². The second-order valence-corrected chi connectivity index (χ2v) is 22.5. The molecule has 0 saturated heterocycles. The fourth-order valence-electron chi connectivity index (χ4n) is 10.2. The molecule has 2 unspecified atom stereocenters. The summed E-state index contributed by atoms with van der Waals surface area (Å²) in [5.41, 5.74) is 0. The molecule has 0 aliphatic carbocycles. The zero-order chi connectivity index (χ0) is 52.2. The van der Waals surface area contributed by atoms with Crippen LogP contribution in [0.2, 0.25) is 0 Å². The minimum Gasteiger partial charge on any atom is -0.466 e. The molecule has 0 bridgehead atoms. The predicted molar refractivity (Wildman–Crippen MR) is 315 cm³/mol. The topological polar surface area (TPSA) is 95.9 Å². The predicted octanol–water partition coefficient (Wildman–Crippen LogP) is 20.6. The highest BCUT2D eigenvalue weighted by atomic mass is 16.5. The SMILES string of the molecule is CCCCCC/C=C\CCCCCCCC(=O)OCCCCCCCCCCCCCCCCCCCCCCCCCCCCCC(=O)NC(CO)C(O)/C=C/CCCCCCCCCCCCCCC. The first-order chi connectivity index (χ1) is 35.5. The molecule has 6 nitrogen and oxygen atoms in total. The van der Waals surface area contributed by atoms with Crippen LogP contribution in [0.15, 0.2) is 24.3 Å². The average Bonchev–Trinajstić information content (AvgIpc) is 3.38. The summed E-state index contributed by atoms with van der Waals surface area (Å²) in [7, 11) is 0. The normalized spacial score (nSPS) is 12.7. The summed E-state index contributed by atoms with van der Waals surface area (Å²) in [5, 5.41) is 23.1. The number of esters is 1. The molecule has 2 atom stereocenters. The molecule has 0 aromatic carbocycles. The zero-order valence-corrected chi connectivity index (χ0v) is 48.7. The van der Waals surface area contributed by atoms with E-state index in [9.17, 15) is 19.8 Å². The van der Waals surface area contributed by atoms with Crippen molar-refractivity contribution < 1.29 is 24.5 Å². The number of ether oxygens (including phenoxy) is 1. The molecule has 0 aromatic rings. The van der Waals surface area contributed by atoms with Gasteiger partial charge in [0, 0.05) is 12.8 Å². The van der Waals surface area contributed by atoms with Crippen molar-refractivity contribution in [2.45, 2.75) is 373 Å². The highest BCUT2D eigenvalue weighted by Crippen LogP contribution is 2.18. The van der Waals surface area contributed by atoms with Gasteiger partial charge >= 0.3 is 5.97 Å². The lowest BCUT2D eigenvalue weighted by molar-refractivity contribution is -0.143. The van der Waals surface area contributed by atoms with E-state index in [1.165, 1.54) is 289 Å². The fourth-order valence-corrected chi connectivity index (χ4v) is 10.2. The fraction of sp³-hybridized carbons (Fsp3) is 0.909. The maximum Gasteiger partial charge on any atom is 0.305 e. The van der Waals surface area contributed by atoms with Gasteiger partial charge in [0.25, 0.3) is 0 Å². The van der Waals surface area contributed by atoms with Crippen LogP contribution in [0.4, 0.5) is 0 Å². The molecule has 0 aliphatic heterocycles. The number of carbonyl (C=O) groups excluding carboxylic acids is 2. The van der Waals surface area contributed by atoms with Gasteiger partial charge in [-0.1, -0.05) is 314 Å². The summed E-state index contributed by atoms with van der Waals surface area (Å²) in [6, 6.07) is -0.625. The van der Waals surface area contributed by atoms with Gasteiger partial charge in [-0.05, 0) is 57.8 Å².